The van der Waals surface area contributed by atoms with E-state index in [0.717, 1.165) is 19.1 Å². The average Bonchev–Trinajstić information content (AvgIpc) is 3.20. The van der Waals surface area contributed by atoms with Crippen molar-refractivity contribution in [3.05, 3.63) is 15.6 Å². The zero-order valence-corrected chi connectivity index (χ0v) is 13.5. The minimum Gasteiger partial charge on any atom is -0.371 e. The van der Waals surface area contributed by atoms with Crippen molar-refractivity contribution in [1.29, 1.82) is 0 Å². The number of aromatic nitrogens is 1. The lowest BCUT2D eigenvalue weighted by atomic mass is 9.97. The second kappa shape index (κ2) is 6.54. The maximum absolute atomic E-state index is 5.97. The Morgan fingerprint density at radius 1 is 1.35 bits per heavy atom. The summed E-state index contributed by atoms with van der Waals surface area (Å²) in [6, 6.07) is 0.477. The molecule has 0 aliphatic heterocycles. The molecule has 4 heteroatoms. The quantitative estimate of drug-likeness (QED) is 0.825. The van der Waals surface area contributed by atoms with Crippen molar-refractivity contribution in [2.24, 2.45) is 5.92 Å². The molecule has 1 fully saturated rings. The highest BCUT2D eigenvalue weighted by Crippen LogP contribution is 2.46. The van der Waals surface area contributed by atoms with E-state index in [0.29, 0.717) is 6.04 Å². The first-order valence-electron chi connectivity index (χ1n) is 8.18. The van der Waals surface area contributed by atoms with Gasteiger partial charge in [0.15, 0.2) is 0 Å². The number of aryl methyl sites for hydroxylation is 1. The van der Waals surface area contributed by atoms with Gasteiger partial charge in [0.25, 0.3) is 0 Å². The lowest BCUT2D eigenvalue weighted by molar-refractivity contribution is 0.0460. The van der Waals surface area contributed by atoms with Crippen molar-refractivity contribution in [3.8, 4) is 0 Å². The smallest absolute Gasteiger partial charge is 0.122 e. The van der Waals surface area contributed by atoms with Crippen molar-refractivity contribution < 1.29 is 4.74 Å². The fourth-order valence-corrected chi connectivity index (χ4v) is 4.38. The number of nitrogens with one attached hydrogen (secondary N) is 1. The highest BCUT2D eigenvalue weighted by molar-refractivity contribution is 7.11. The molecule has 0 amide bonds. The minimum absolute atomic E-state index is 0.266. The summed E-state index contributed by atoms with van der Waals surface area (Å²) in [6.45, 7) is 6.20. The number of hydrogen-bond donors (Lipinski definition) is 1. The topological polar surface area (TPSA) is 34.1 Å². The fourth-order valence-electron chi connectivity index (χ4n) is 3.06. The van der Waals surface area contributed by atoms with E-state index in [2.05, 4.69) is 19.2 Å². The maximum Gasteiger partial charge on any atom is 0.122 e. The van der Waals surface area contributed by atoms with Gasteiger partial charge in [-0.15, -0.1) is 11.3 Å². The van der Waals surface area contributed by atoms with Crippen molar-refractivity contribution in [1.82, 2.24) is 10.3 Å². The molecule has 1 N–H and O–H groups in total. The van der Waals surface area contributed by atoms with Crippen molar-refractivity contribution >= 4 is 11.3 Å². The fraction of sp³-hybridized carbons (Fsp3) is 0.812. The van der Waals surface area contributed by atoms with Gasteiger partial charge in [-0.05, 0) is 57.9 Å². The van der Waals surface area contributed by atoms with Crippen LogP contribution in [-0.4, -0.2) is 18.1 Å². The summed E-state index contributed by atoms with van der Waals surface area (Å²) >= 11 is 1.91. The predicted octanol–water partition coefficient (Wildman–Crippen LogP) is 4.01. The first-order valence-corrected chi connectivity index (χ1v) is 8.99. The van der Waals surface area contributed by atoms with Crippen molar-refractivity contribution in [2.75, 3.05) is 13.2 Å². The molecule has 1 heterocycles. The second-order valence-electron chi connectivity index (χ2n) is 5.97. The van der Waals surface area contributed by atoms with E-state index in [9.17, 15) is 0 Å². The normalized spacial score (nSPS) is 23.6. The molecule has 2 atom stereocenters. The van der Waals surface area contributed by atoms with Crippen LogP contribution < -0.4 is 5.32 Å². The standard InChI is InChI=1S/C16H26N2OS/c1-3-10-17-12-6-5-7-13-14(12)18-16(20-13)15(19-4-2)11-8-9-11/h11-12,15,17H,3-10H2,1-2H3. The number of ether oxygens (including phenoxy) is 1. The van der Waals surface area contributed by atoms with Crippen LogP contribution in [0.4, 0.5) is 0 Å². The molecule has 3 nitrogen and oxygen atoms in total. The first-order chi connectivity index (χ1) is 9.83. The molecule has 2 unspecified atom stereocenters. The molecule has 1 aromatic heterocycles. The van der Waals surface area contributed by atoms with E-state index in [1.165, 1.54) is 54.1 Å². The molecule has 0 bridgehead atoms. The molecule has 20 heavy (non-hydrogen) atoms. The van der Waals surface area contributed by atoms with Gasteiger partial charge in [0.05, 0.1) is 11.7 Å². The SMILES string of the molecule is CCCNC1CCCc2sc(C(OCC)C3CC3)nc21. The summed E-state index contributed by atoms with van der Waals surface area (Å²) in [5.41, 5.74) is 1.33. The number of rotatable bonds is 7. The van der Waals surface area contributed by atoms with Crippen LogP contribution in [0.1, 0.15) is 73.7 Å². The minimum atomic E-state index is 0.266. The van der Waals surface area contributed by atoms with Gasteiger partial charge < -0.3 is 10.1 Å². The highest BCUT2D eigenvalue weighted by atomic mass is 32.1. The molecular formula is C16H26N2OS. The molecule has 3 rings (SSSR count). The molecule has 1 aromatic rings. The molecule has 0 radical (unpaired) electrons. The van der Waals surface area contributed by atoms with Crippen LogP contribution >= 0.6 is 11.3 Å². The third-order valence-electron chi connectivity index (χ3n) is 4.25. The summed E-state index contributed by atoms with van der Waals surface area (Å²) in [5.74, 6) is 0.726. The lowest BCUT2D eigenvalue weighted by Gasteiger charge is -2.22. The van der Waals surface area contributed by atoms with Gasteiger partial charge in [-0.1, -0.05) is 6.92 Å². The third-order valence-corrected chi connectivity index (χ3v) is 5.44. The van der Waals surface area contributed by atoms with Crippen molar-refractivity contribution in [3.63, 3.8) is 0 Å². The lowest BCUT2D eigenvalue weighted by Crippen LogP contribution is -2.25. The molecular weight excluding hydrogens is 268 g/mol. The third kappa shape index (κ3) is 3.07. The van der Waals surface area contributed by atoms with Gasteiger partial charge in [0.1, 0.15) is 11.1 Å². The average molecular weight is 294 g/mol. The Morgan fingerprint density at radius 2 is 2.20 bits per heavy atom. The molecule has 2 aliphatic carbocycles. The Balaban J connectivity index is 1.78. The van der Waals surface area contributed by atoms with Crippen LogP contribution in [0.25, 0.3) is 0 Å². The van der Waals surface area contributed by atoms with E-state index in [1.54, 1.807) is 0 Å². The van der Waals surface area contributed by atoms with Gasteiger partial charge in [-0.3, -0.25) is 0 Å². The van der Waals surface area contributed by atoms with Crippen LogP contribution in [0, 0.1) is 5.92 Å². The zero-order chi connectivity index (χ0) is 13.9. The Labute approximate surface area is 126 Å². The summed E-state index contributed by atoms with van der Waals surface area (Å²) in [6.07, 6.45) is 7.81. The maximum atomic E-state index is 5.97. The summed E-state index contributed by atoms with van der Waals surface area (Å²) in [4.78, 5) is 6.50. The van der Waals surface area contributed by atoms with Gasteiger partial charge in [-0.2, -0.15) is 0 Å². The molecule has 2 aliphatic rings. The largest absolute Gasteiger partial charge is 0.371 e. The number of nitrogens with zero attached hydrogens (tertiary/aromatic N) is 1. The Hall–Kier alpha value is -0.450. The van der Waals surface area contributed by atoms with Gasteiger partial charge in [0, 0.05) is 11.5 Å². The Morgan fingerprint density at radius 3 is 2.90 bits per heavy atom. The molecule has 0 saturated heterocycles. The van der Waals surface area contributed by atoms with Crippen LogP contribution in [0.3, 0.4) is 0 Å². The Bertz CT molecular complexity index is 442. The molecule has 112 valence electrons. The van der Waals surface area contributed by atoms with Gasteiger partial charge in [-0.25, -0.2) is 4.98 Å². The predicted molar refractivity (Wildman–Crippen MR) is 83.2 cm³/mol. The monoisotopic (exact) mass is 294 g/mol. The van der Waals surface area contributed by atoms with Gasteiger partial charge >= 0.3 is 0 Å². The van der Waals surface area contributed by atoms with Crippen LogP contribution in [-0.2, 0) is 11.2 Å². The zero-order valence-electron chi connectivity index (χ0n) is 12.7. The van der Waals surface area contributed by atoms with E-state index >= 15 is 0 Å². The Kier molecular flexibility index (Phi) is 4.74. The van der Waals surface area contributed by atoms with E-state index in [1.807, 2.05) is 11.3 Å². The first kappa shape index (κ1) is 14.5. The van der Waals surface area contributed by atoms with E-state index < -0.39 is 0 Å². The summed E-state index contributed by atoms with van der Waals surface area (Å²) in [7, 11) is 0. The second-order valence-corrected chi connectivity index (χ2v) is 7.09. The number of thiazole rings is 1. The molecule has 0 spiro atoms. The number of hydrogen-bond acceptors (Lipinski definition) is 4. The number of fused-ring (bicyclic) bond motifs is 1. The highest BCUT2D eigenvalue weighted by Gasteiger charge is 2.36. The van der Waals surface area contributed by atoms with Crippen LogP contribution in [0.2, 0.25) is 0 Å². The molecule has 1 saturated carbocycles. The summed E-state index contributed by atoms with van der Waals surface area (Å²) < 4.78 is 5.97. The van der Waals surface area contributed by atoms with Gasteiger partial charge in [0.2, 0.25) is 0 Å². The summed E-state index contributed by atoms with van der Waals surface area (Å²) in [5, 5.41) is 4.90. The van der Waals surface area contributed by atoms with Crippen LogP contribution in [0.5, 0.6) is 0 Å². The van der Waals surface area contributed by atoms with Crippen LogP contribution in [0.15, 0.2) is 0 Å². The molecule has 0 aromatic carbocycles. The van der Waals surface area contributed by atoms with E-state index in [-0.39, 0.29) is 6.10 Å². The van der Waals surface area contributed by atoms with Crippen molar-refractivity contribution in [2.45, 2.75) is 64.5 Å². The van der Waals surface area contributed by atoms with E-state index in [4.69, 9.17) is 9.72 Å².